The summed E-state index contributed by atoms with van der Waals surface area (Å²) in [6, 6.07) is 6.46. The minimum atomic E-state index is 0.598. The van der Waals surface area contributed by atoms with Crippen molar-refractivity contribution in [2.45, 2.75) is 38.5 Å². The van der Waals surface area contributed by atoms with Crippen LogP contribution in [-0.4, -0.2) is 11.5 Å². The summed E-state index contributed by atoms with van der Waals surface area (Å²) in [4.78, 5) is 4.90. The van der Waals surface area contributed by atoms with Crippen molar-refractivity contribution < 1.29 is 0 Å². The van der Waals surface area contributed by atoms with E-state index < -0.39 is 0 Å². The van der Waals surface area contributed by atoms with Gasteiger partial charge in [-0.05, 0) is 43.9 Å². The highest BCUT2D eigenvalue weighted by Gasteiger charge is 2.28. The number of rotatable bonds is 2. The van der Waals surface area contributed by atoms with Crippen LogP contribution in [0.4, 0.5) is 0 Å². The summed E-state index contributed by atoms with van der Waals surface area (Å²) >= 11 is 1.87. The van der Waals surface area contributed by atoms with Gasteiger partial charge in [-0.2, -0.15) is 0 Å². The number of benzene rings is 1. The summed E-state index contributed by atoms with van der Waals surface area (Å²) in [6.07, 6.45) is 5.20. The molecule has 3 rings (SSSR count). The molecular formula is C15H20N2S. The van der Waals surface area contributed by atoms with Crippen LogP contribution in [0.1, 0.15) is 42.2 Å². The Kier molecular flexibility index (Phi) is 3.35. The maximum absolute atomic E-state index is 5.93. The zero-order chi connectivity index (χ0) is 12.5. The largest absolute Gasteiger partial charge is 0.330 e. The van der Waals surface area contributed by atoms with Gasteiger partial charge in [0.25, 0.3) is 0 Å². The molecule has 1 aliphatic carbocycles. The van der Waals surface area contributed by atoms with Crippen molar-refractivity contribution in [1.82, 2.24) is 4.98 Å². The number of nitrogens with zero attached hydrogens (tertiary/aromatic N) is 1. The van der Waals surface area contributed by atoms with Gasteiger partial charge in [0.2, 0.25) is 0 Å². The van der Waals surface area contributed by atoms with Crippen LogP contribution in [-0.2, 0) is 0 Å². The lowest BCUT2D eigenvalue weighted by molar-refractivity contribution is 0.314. The van der Waals surface area contributed by atoms with E-state index in [1.165, 1.54) is 46.5 Å². The molecule has 0 spiro atoms. The van der Waals surface area contributed by atoms with E-state index in [-0.39, 0.29) is 0 Å². The molecule has 2 N–H and O–H groups in total. The molecule has 2 unspecified atom stereocenters. The number of aromatic nitrogens is 1. The van der Waals surface area contributed by atoms with Crippen LogP contribution < -0.4 is 5.73 Å². The lowest BCUT2D eigenvalue weighted by atomic mass is 9.79. The first-order chi connectivity index (χ1) is 8.79. The Morgan fingerprint density at radius 3 is 2.94 bits per heavy atom. The molecule has 0 saturated heterocycles. The molecule has 2 atom stereocenters. The number of hydrogen-bond donors (Lipinski definition) is 1. The topological polar surface area (TPSA) is 38.9 Å². The summed E-state index contributed by atoms with van der Waals surface area (Å²) < 4.78 is 1.33. The van der Waals surface area contributed by atoms with Crippen molar-refractivity contribution in [2.75, 3.05) is 6.54 Å². The Morgan fingerprint density at radius 1 is 1.33 bits per heavy atom. The third-order valence-electron chi connectivity index (χ3n) is 4.17. The van der Waals surface area contributed by atoms with Gasteiger partial charge in [0.05, 0.1) is 15.2 Å². The van der Waals surface area contributed by atoms with Gasteiger partial charge in [0.1, 0.15) is 0 Å². The number of aryl methyl sites for hydroxylation is 1. The number of thiazole rings is 1. The molecule has 1 fully saturated rings. The first-order valence-corrected chi connectivity index (χ1v) is 7.67. The molecule has 0 aliphatic heterocycles. The van der Waals surface area contributed by atoms with Crippen molar-refractivity contribution in [2.24, 2.45) is 11.7 Å². The summed E-state index contributed by atoms with van der Waals surface area (Å²) in [5, 5.41) is 1.31. The molecular weight excluding hydrogens is 240 g/mol. The van der Waals surface area contributed by atoms with Gasteiger partial charge < -0.3 is 5.73 Å². The Hall–Kier alpha value is -0.930. The predicted octanol–water partition coefficient (Wildman–Crippen LogP) is 3.84. The Balaban J connectivity index is 2.00. The van der Waals surface area contributed by atoms with Gasteiger partial charge in [0, 0.05) is 5.92 Å². The number of hydrogen-bond acceptors (Lipinski definition) is 3. The zero-order valence-electron chi connectivity index (χ0n) is 10.9. The van der Waals surface area contributed by atoms with Crippen molar-refractivity contribution in [3.63, 3.8) is 0 Å². The second-order valence-electron chi connectivity index (χ2n) is 5.36. The van der Waals surface area contributed by atoms with Crippen LogP contribution in [0.25, 0.3) is 10.2 Å². The maximum Gasteiger partial charge on any atom is 0.0972 e. The van der Waals surface area contributed by atoms with Crippen LogP contribution >= 0.6 is 11.3 Å². The molecule has 1 saturated carbocycles. The summed E-state index contributed by atoms with van der Waals surface area (Å²) in [5.41, 5.74) is 8.41. The fourth-order valence-corrected chi connectivity index (χ4v) is 4.35. The van der Waals surface area contributed by atoms with E-state index in [2.05, 4.69) is 25.1 Å². The van der Waals surface area contributed by atoms with Crippen molar-refractivity contribution in [3.8, 4) is 0 Å². The van der Waals surface area contributed by atoms with Gasteiger partial charge in [-0.15, -0.1) is 11.3 Å². The van der Waals surface area contributed by atoms with E-state index in [4.69, 9.17) is 10.7 Å². The smallest absolute Gasteiger partial charge is 0.0972 e. The standard InChI is InChI=1S/C15H20N2S/c1-10-5-4-8-13-14(10)17-15(18-13)12-7-3-2-6-11(12)9-16/h4-5,8,11-12H,2-3,6-7,9,16H2,1H3. The Labute approximate surface area is 112 Å². The summed E-state index contributed by atoms with van der Waals surface area (Å²) in [5.74, 6) is 1.24. The van der Waals surface area contributed by atoms with Crippen LogP contribution in [0.5, 0.6) is 0 Å². The van der Waals surface area contributed by atoms with Crippen molar-refractivity contribution in [1.29, 1.82) is 0 Å². The van der Waals surface area contributed by atoms with Crippen molar-refractivity contribution in [3.05, 3.63) is 28.8 Å². The SMILES string of the molecule is Cc1cccc2sc(C3CCCCC3CN)nc12. The van der Waals surface area contributed by atoms with Gasteiger partial charge in [-0.3, -0.25) is 0 Å². The van der Waals surface area contributed by atoms with Gasteiger partial charge in [-0.25, -0.2) is 4.98 Å². The normalized spacial score (nSPS) is 24.6. The molecule has 0 amide bonds. The van der Waals surface area contributed by atoms with Gasteiger partial charge >= 0.3 is 0 Å². The first kappa shape index (κ1) is 12.1. The molecule has 2 nitrogen and oxygen atoms in total. The van der Waals surface area contributed by atoms with Crippen molar-refractivity contribution >= 4 is 21.6 Å². The molecule has 1 heterocycles. The highest BCUT2D eigenvalue weighted by atomic mass is 32.1. The summed E-state index contributed by atoms with van der Waals surface area (Å²) in [7, 11) is 0. The monoisotopic (exact) mass is 260 g/mol. The predicted molar refractivity (Wildman–Crippen MR) is 78.1 cm³/mol. The third kappa shape index (κ3) is 2.06. The molecule has 2 aromatic rings. The minimum Gasteiger partial charge on any atom is -0.330 e. The third-order valence-corrected chi connectivity index (χ3v) is 5.32. The number of fused-ring (bicyclic) bond motifs is 1. The van der Waals surface area contributed by atoms with E-state index in [0.717, 1.165) is 6.54 Å². The number of nitrogens with two attached hydrogens (primary N) is 1. The lowest BCUT2D eigenvalue weighted by Gasteiger charge is -2.28. The van der Waals surface area contributed by atoms with Crippen LogP contribution in [0.2, 0.25) is 0 Å². The average Bonchev–Trinajstić information content (AvgIpc) is 2.84. The van der Waals surface area contributed by atoms with E-state index in [0.29, 0.717) is 11.8 Å². The highest BCUT2D eigenvalue weighted by molar-refractivity contribution is 7.18. The van der Waals surface area contributed by atoms with E-state index in [9.17, 15) is 0 Å². The maximum atomic E-state index is 5.93. The molecule has 0 radical (unpaired) electrons. The second-order valence-corrected chi connectivity index (χ2v) is 6.42. The molecule has 1 aromatic heterocycles. The van der Waals surface area contributed by atoms with Gasteiger partial charge in [-0.1, -0.05) is 25.0 Å². The first-order valence-electron chi connectivity index (χ1n) is 6.85. The molecule has 3 heteroatoms. The van der Waals surface area contributed by atoms with E-state index in [1.807, 2.05) is 11.3 Å². The molecule has 0 bridgehead atoms. The average molecular weight is 260 g/mol. The van der Waals surface area contributed by atoms with E-state index >= 15 is 0 Å². The molecule has 96 valence electrons. The highest BCUT2D eigenvalue weighted by Crippen LogP contribution is 2.40. The molecule has 1 aliphatic rings. The van der Waals surface area contributed by atoms with E-state index in [1.54, 1.807) is 0 Å². The van der Waals surface area contributed by atoms with Gasteiger partial charge in [0.15, 0.2) is 0 Å². The van der Waals surface area contributed by atoms with Crippen LogP contribution in [0.15, 0.2) is 18.2 Å². The Bertz CT molecular complexity index is 546. The lowest BCUT2D eigenvalue weighted by Crippen LogP contribution is -2.25. The fourth-order valence-electron chi connectivity index (χ4n) is 3.08. The fraction of sp³-hybridized carbons (Fsp3) is 0.533. The van der Waals surface area contributed by atoms with Crippen LogP contribution in [0, 0.1) is 12.8 Å². The molecule has 18 heavy (non-hydrogen) atoms. The summed E-state index contributed by atoms with van der Waals surface area (Å²) in [6.45, 7) is 2.95. The van der Waals surface area contributed by atoms with Crippen LogP contribution in [0.3, 0.4) is 0 Å². The minimum absolute atomic E-state index is 0.598. The quantitative estimate of drug-likeness (QED) is 0.891. The second kappa shape index (κ2) is 4.98. The Morgan fingerprint density at radius 2 is 2.17 bits per heavy atom. The number of para-hydroxylation sites is 1. The zero-order valence-corrected chi connectivity index (χ0v) is 11.7. The molecule has 1 aromatic carbocycles.